The zero-order chi connectivity index (χ0) is 21.6. The van der Waals surface area contributed by atoms with Crippen LogP contribution in [0.3, 0.4) is 0 Å². The average molecular weight is 431 g/mol. The number of hydrogen-bond donors (Lipinski definition) is 1. The van der Waals surface area contributed by atoms with Gasteiger partial charge in [0.15, 0.2) is 0 Å². The standard InChI is InChI=1S/C25H26N4OS/c1-18(2)25-28-22(17-31-25)14-24(30)26-15-21-6-3-4-7-23(21)20-10-8-19(9-11-20)16-29-13-5-12-27-29/h3-13,17-18H,14-16H2,1-2H3,(H,26,30). The molecular weight excluding hydrogens is 404 g/mol. The molecule has 6 heteroatoms. The van der Waals surface area contributed by atoms with Gasteiger partial charge in [-0.25, -0.2) is 4.98 Å². The molecule has 0 bridgehead atoms. The Kier molecular flexibility index (Phi) is 6.57. The fourth-order valence-electron chi connectivity index (χ4n) is 3.42. The number of hydrogen-bond acceptors (Lipinski definition) is 4. The Hall–Kier alpha value is -3.25. The van der Waals surface area contributed by atoms with Crippen LogP contribution in [0.15, 0.2) is 72.4 Å². The predicted octanol–water partition coefficient (Wildman–Crippen LogP) is 5.04. The minimum atomic E-state index is -0.00928. The summed E-state index contributed by atoms with van der Waals surface area (Å²) in [7, 11) is 0. The van der Waals surface area contributed by atoms with Gasteiger partial charge in [-0.1, -0.05) is 62.4 Å². The van der Waals surface area contributed by atoms with Crippen LogP contribution >= 0.6 is 11.3 Å². The summed E-state index contributed by atoms with van der Waals surface area (Å²) in [5.74, 6) is 0.379. The van der Waals surface area contributed by atoms with Crippen LogP contribution in [0.25, 0.3) is 11.1 Å². The van der Waals surface area contributed by atoms with Gasteiger partial charge in [0.25, 0.3) is 0 Å². The molecule has 2 aromatic carbocycles. The zero-order valence-electron chi connectivity index (χ0n) is 17.8. The van der Waals surface area contributed by atoms with E-state index in [4.69, 9.17) is 0 Å². The smallest absolute Gasteiger partial charge is 0.226 e. The third kappa shape index (κ3) is 5.47. The molecule has 1 N–H and O–H groups in total. The van der Waals surface area contributed by atoms with E-state index >= 15 is 0 Å². The Morgan fingerprint density at radius 1 is 1.10 bits per heavy atom. The van der Waals surface area contributed by atoms with E-state index in [0.29, 0.717) is 18.9 Å². The number of nitrogens with zero attached hydrogens (tertiary/aromatic N) is 3. The van der Waals surface area contributed by atoms with Crippen LogP contribution in [0.5, 0.6) is 0 Å². The molecule has 0 atom stereocenters. The molecule has 0 spiro atoms. The van der Waals surface area contributed by atoms with E-state index in [1.54, 1.807) is 17.5 Å². The molecule has 1 amide bonds. The Morgan fingerprint density at radius 3 is 2.61 bits per heavy atom. The van der Waals surface area contributed by atoms with E-state index in [1.807, 2.05) is 34.5 Å². The number of amides is 1. The maximum Gasteiger partial charge on any atom is 0.226 e. The Morgan fingerprint density at radius 2 is 1.90 bits per heavy atom. The number of aromatic nitrogens is 3. The molecule has 0 aliphatic carbocycles. The third-order valence-corrected chi connectivity index (χ3v) is 6.26. The number of carbonyl (C=O) groups is 1. The van der Waals surface area contributed by atoms with Gasteiger partial charge in [0.05, 0.1) is 23.7 Å². The monoisotopic (exact) mass is 430 g/mol. The van der Waals surface area contributed by atoms with Gasteiger partial charge in [0.1, 0.15) is 0 Å². The fraction of sp³-hybridized carbons (Fsp3) is 0.240. The van der Waals surface area contributed by atoms with Crippen molar-refractivity contribution in [3.8, 4) is 11.1 Å². The van der Waals surface area contributed by atoms with Crippen molar-refractivity contribution in [3.63, 3.8) is 0 Å². The number of carbonyl (C=O) groups excluding carboxylic acids is 1. The van der Waals surface area contributed by atoms with Gasteiger partial charge in [-0.05, 0) is 28.3 Å². The van der Waals surface area contributed by atoms with Gasteiger partial charge in [-0.2, -0.15) is 5.10 Å². The molecule has 0 saturated heterocycles. The summed E-state index contributed by atoms with van der Waals surface area (Å²) in [6.45, 7) is 5.47. The highest BCUT2D eigenvalue weighted by Crippen LogP contribution is 2.24. The molecule has 0 saturated carbocycles. The first kappa shape index (κ1) is 21.0. The second-order valence-electron chi connectivity index (χ2n) is 7.84. The maximum absolute atomic E-state index is 12.5. The molecule has 5 nitrogen and oxygen atoms in total. The molecule has 0 aliphatic rings. The summed E-state index contributed by atoms with van der Waals surface area (Å²) in [5, 5.41) is 10.4. The van der Waals surface area contributed by atoms with E-state index < -0.39 is 0 Å². The molecule has 0 fully saturated rings. The molecule has 4 aromatic rings. The molecule has 2 heterocycles. The van der Waals surface area contributed by atoms with Crippen LogP contribution in [0.2, 0.25) is 0 Å². The molecular formula is C25H26N4OS. The summed E-state index contributed by atoms with van der Waals surface area (Å²) in [6.07, 6.45) is 4.06. The Balaban J connectivity index is 1.40. The molecule has 4 rings (SSSR count). The summed E-state index contributed by atoms with van der Waals surface area (Å²) in [6, 6.07) is 18.6. The van der Waals surface area contributed by atoms with Gasteiger partial charge in [0, 0.05) is 30.2 Å². The average Bonchev–Trinajstić information content (AvgIpc) is 3.45. The first-order chi connectivity index (χ1) is 15.1. The lowest BCUT2D eigenvalue weighted by Gasteiger charge is -2.12. The predicted molar refractivity (Wildman–Crippen MR) is 125 cm³/mol. The Bertz CT molecular complexity index is 1130. The van der Waals surface area contributed by atoms with Crippen molar-refractivity contribution in [1.29, 1.82) is 0 Å². The summed E-state index contributed by atoms with van der Waals surface area (Å²) >= 11 is 1.62. The third-order valence-electron chi connectivity index (χ3n) is 5.07. The van der Waals surface area contributed by atoms with E-state index in [2.05, 4.69) is 65.6 Å². The first-order valence-corrected chi connectivity index (χ1v) is 11.3. The largest absolute Gasteiger partial charge is 0.352 e. The van der Waals surface area contributed by atoms with Crippen molar-refractivity contribution in [2.75, 3.05) is 0 Å². The topological polar surface area (TPSA) is 59.8 Å². The van der Waals surface area contributed by atoms with Gasteiger partial charge in [-0.15, -0.1) is 11.3 Å². The van der Waals surface area contributed by atoms with Gasteiger partial charge in [0.2, 0.25) is 5.91 Å². The van der Waals surface area contributed by atoms with E-state index in [0.717, 1.165) is 33.9 Å². The van der Waals surface area contributed by atoms with Crippen LogP contribution in [0.4, 0.5) is 0 Å². The molecule has 0 aliphatic heterocycles. The van der Waals surface area contributed by atoms with Crippen molar-refractivity contribution < 1.29 is 4.79 Å². The lowest BCUT2D eigenvalue weighted by molar-refractivity contribution is -0.120. The lowest BCUT2D eigenvalue weighted by atomic mass is 9.98. The van der Waals surface area contributed by atoms with Crippen LogP contribution < -0.4 is 5.32 Å². The lowest BCUT2D eigenvalue weighted by Crippen LogP contribution is -2.25. The second kappa shape index (κ2) is 9.71. The minimum absolute atomic E-state index is 0.00928. The number of rotatable bonds is 8. The maximum atomic E-state index is 12.5. The SMILES string of the molecule is CC(C)c1nc(CC(=O)NCc2ccccc2-c2ccc(Cn3cccn3)cc2)cs1. The van der Waals surface area contributed by atoms with Crippen molar-refractivity contribution in [1.82, 2.24) is 20.1 Å². The summed E-state index contributed by atoms with van der Waals surface area (Å²) < 4.78 is 1.91. The van der Waals surface area contributed by atoms with Crippen LogP contribution in [0.1, 0.15) is 41.6 Å². The van der Waals surface area contributed by atoms with Crippen LogP contribution in [0, 0.1) is 0 Å². The van der Waals surface area contributed by atoms with E-state index in [1.165, 1.54) is 5.56 Å². The first-order valence-electron chi connectivity index (χ1n) is 10.4. The van der Waals surface area contributed by atoms with E-state index in [-0.39, 0.29) is 5.91 Å². The van der Waals surface area contributed by atoms with Crippen LogP contribution in [-0.2, 0) is 24.3 Å². The number of thiazole rings is 1. The number of nitrogens with one attached hydrogen (secondary N) is 1. The van der Waals surface area contributed by atoms with Crippen molar-refractivity contribution in [2.24, 2.45) is 0 Å². The fourth-order valence-corrected chi connectivity index (χ4v) is 4.25. The van der Waals surface area contributed by atoms with Gasteiger partial charge in [-0.3, -0.25) is 9.48 Å². The highest BCUT2D eigenvalue weighted by atomic mass is 32.1. The Labute approximate surface area is 186 Å². The molecule has 31 heavy (non-hydrogen) atoms. The zero-order valence-corrected chi connectivity index (χ0v) is 18.6. The molecule has 158 valence electrons. The van der Waals surface area contributed by atoms with Crippen molar-refractivity contribution in [3.05, 3.63) is 94.2 Å². The number of benzene rings is 2. The molecule has 0 unspecified atom stereocenters. The van der Waals surface area contributed by atoms with Crippen LogP contribution in [-0.4, -0.2) is 20.7 Å². The van der Waals surface area contributed by atoms with Crippen molar-refractivity contribution in [2.45, 2.75) is 39.3 Å². The highest BCUT2D eigenvalue weighted by Gasteiger charge is 2.11. The normalized spacial score (nSPS) is 11.1. The molecule has 0 radical (unpaired) electrons. The quantitative estimate of drug-likeness (QED) is 0.426. The summed E-state index contributed by atoms with van der Waals surface area (Å²) in [5.41, 5.74) is 5.39. The molecule has 2 aromatic heterocycles. The van der Waals surface area contributed by atoms with Gasteiger partial charge < -0.3 is 5.32 Å². The van der Waals surface area contributed by atoms with E-state index in [9.17, 15) is 4.79 Å². The van der Waals surface area contributed by atoms with Gasteiger partial charge >= 0.3 is 0 Å². The van der Waals surface area contributed by atoms with Crippen molar-refractivity contribution >= 4 is 17.2 Å². The minimum Gasteiger partial charge on any atom is -0.352 e. The summed E-state index contributed by atoms with van der Waals surface area (Å²) in [4.78, 5) is 17.0. The second-order valence-corrected chi connectivity index (χ2v) is 8.73. The highest BCUT2D eigenvalue weighted by molar-refractivity contribution is 7.09.